The molecular weight excluding hydrogens is 310 g/mol. The van der Waals surface area contributed by atoms with Crippen LogP contribution in [-0.2, 0) is 9.59 Å². The van der Waals surface area contributed by atoms with Gasteiger partial charge in [-0.15, -0.1) is 0 Å². The zero-order valence-electron chi connectivity index (χ0n) is 11.2. The van der Waals surface area contributed by atoms with Gasteiger partial charge < -0.3 is 10.2 Å². The summed E-state index contributed by atoms with van der Waals surface area (Å²) in [4.78, 5) is 30.1. The third-order valence-corrected chi connectivity index (χ3v) is 4.56. The first-order valence-electron chi connectivity index (χ1n) is 6.67. The van der Waals surface area contributed by atoms with Crippen molar-refractivity contribution in [2.24, 2.45) is 10.9 Å². The molecule has 2 aliphatic rings. The monoisotopic (exact) mass is 323 g/mol. The van der Waals surface area contributed by atoms with Crippen molar-refractivity contribution in [2.45, 2.75) is 6.42 Å². The van der Waals surface area contributed by atoms with Gasteiger partial charge in [0.1, 0.15) is 0 Å². The van der Waals surface area contributed by atoms with Gasteiger partial charge in [0.25, 0.3) is 0 Å². The molecule has 0 bridgehead atoms. The van der Waals surface area contributed by atoms with Crippen LogP contribution in [-0.4, -0.2) is 35.8 Å². The number of nitrogens with one attached hydrogen (secondary N) is 1. The highest BCUT2D eigenvalue weighted by Gasteiger charge is 2.35. The van der Waals surface area contributed by atoms with Gasteiger partial charge >= 0.3 is 0 Å². The first kappa shape index (κ1) is 14.4. The number of hydrogen-bond donors (Lipinski definition) is 1. The number of amidine groups is 1. The number of anilines is 1. The number of benzene rings is 1. The Hall–Kier alpha value is -1.53. The highest BCUT2D eigenvalue weighted by atomic mass is 35.5. The number of nitrogens with zero attached hydrogens (tertiary/aromatic N) is 2. The topological polar surface area (TPSA) is 61.8 Å². The summed E-state index contributed by atoms with van der Waals surface area (Å²) in [6.45, 7) is 1.11. The molecule has 3 rings (SSSR count). The molecule has 2 aliphatic heterocycles. The minimum atomic E-state index is -0.347. The van der Waals surface area contributed by atoms with Crippen LogP contribution in [0.1, 0.15) is 6.42 Å². The van der Waals surface area contributed by atoms with Crippen molar-refractivity contribution in [3.05, 3.63) is 29.3 Å². The number of thioether (sulfide) groups is 1. The molecule has 7 heteroatoms. The van der Waals surface area contributed by atoms with E-state index in [0.29, 0.717) is 16.7 Å². The smallest absolute Gasteiger partial charge is 0.231 e. The van der Waals surface area contributed by atoms with Crippen molar-refractivity contribution in [3.8, 4) is 0 Å². The Morgan fingerprint density at radius 1 is 1.48 bits per heavy atom. The van der Waals surface area contributed by atoms with Gasteiger partial charge in [-0.2, -0.15) is 0 Å². The highest BCUT2D eigenvalue weighted by molar-refractivity contribution is 8.14. The van der Waals surface area contributed by atoms with Crippen LogP contribution in [0, 0.1) is 5.92 Å². The van der Waals surface area contributed by atoms with E-state index >= 15 is 0 Å². The van der Waals surface area contributed by atoms with E-state index in [4.69, 9.17) is 11.6 Å². The maximum Gasteiger partial charge on any atom is 0.231 e. The van der Waals surface area contributed by atoms with Gasteiger partial charge in [0.2, 0.25) is 11.8 Å². The molecule has 0 spiro atoms. The molecule has 1 aromatic carbocycles. The number of amides is 2. The number of carbonyl (C=O) groups is 2. The van der Waals surface area contributed by atoms with E-state index in [9.17, 15) is 9.59 Å². The molecule has 0 saturated carbocycles. The molecule has 0 radical (unpaired) electrons. The van der Waals surface area contributed by atoms with E-state index < -0.39 is 0 Å². The number of rotatable bonds is 2. The second kappa shape index (κ2) is 6.07. The lowest BCUT2D eigenvalue weighted by molar-refractivity contribution is -0.125. The lowest BCUT2D eigenvalue weighted by Crippen LogP contribution is -2.35. The molecule has 1 aromatic rings. The zero-order valence-corrected chi connectivity index (χ0v) is 12.8. The van der Waals surface area contributed by atoms with Gasteiger partial charge in [-0.1, -0.05) is 29.4 Å². The van der Waals surface area contributed by atoms with Crippen LogP contribution in [0.3, 0.4) is 0 Å². The molecule has 1 saturated heterocycles. The molecule has 21 heavy (non-hydrogen) atoms. The van der Waals surface area contributed by atoms with Crippen molar-refractivity contribution in [1.82, 2.24) is 5.32 Å². The van der Waals surface area contributed by atoms with Gasteiger partial charge in [-0.25, -0.2) is 0 Å². The lowest BCUT2D eigenvalue weighted by atomic mass is 10.1. The average molecular weight is 324 g/mol. The zero-order chi connectivity index (χ0) is 14.8. The summed E-state index contributed by atoms with van der Waals surface area (Å²) in [5, 5.41) is 4.03. The molecule has 1 fully saturated rings. The maximum absolute atomic E-state index is 12.2. The Balaban J connectivity index is 1.68. The number of carbonyl (C=O) groups excluding carboxylic acids is 2. The highest BCUT2D eigenvalue weighted by Crippen LogP contribution is 2.27. The van der Waals surface area contributed by atoms with Crippen molar-refractivity contribution in [3.63, 3.8) is 0 Å². The van der Waals surface area contributed by atoms with Crippen molar-refractivity contribution in [1.29, 1.82) is 0 Å². The third kappa shape index (κ3) is 3.22. The number of aliphatic imine (C=N–C) groups is 1. The summed E-state index contributed by atoms with van der Waals surface area (Å²) in [7, 11) is 0. The van der Waals surface area contributed by atoms with Crippen molar-refractivity contribution < 1.29 is 9.59 Å². The van der Waals surface area contributed by atoms with Crippen LogP contribution in [0.25, 0.3) is 0 Å². The molecule has 1 atom stereocenters. The van der Waals surface area contributed by atoms with Crippen LogP contribution in [0.15, 0.2) is 29.3 Å². The molecule has 1 unspecified atom stereocenters. The van der Waals surface area contributed by atoms with E-state index in [2.05, 4.69) is 10.3 Å². The summed E-state index contributed by atoms with van der Waals surface area (Å²) in [5.74, 6) is 0.355. The first-order valence-corrected chi connectivity index (χ1v) is 8.04. The minimum Gasteiger partial charge on any atom is -0.312 e. The summed E-state index contributed by atoms with van der Waals surface area (Å²) in [5.41, 5.74) is 0.732. The largest absolute Gasteiger partial charge is 0.312 e. The fourth-order valence-corrected chi connectivity index (χ4v) is 3.31. The quantitative estimate of drug-likeness (QED) is 0.904. The molecule has 5 nitrogen and oxygen atoms in total. The van der Waals surface area contributed by atoms with Crippen LogP contribution >= 0.6 is 23.4 Å². The third-order valence-electron chi connectivity index (χ3n) is 3.43. The SMILES string of the molecule is O=C(NC1=NCCS1)C1CC(=O)N(c2cccc(Cl)c2)C1. The van der Waals surface area contributed by atoms with Crippen LogP contribution in [0.5, 0.6) is 0 Å². The normalized spacial score (nSPS) is 21.6. The molecule has 1 N–H and O–H groups in total. The Bertz CT molecular complexity index is 620. The van der Waals surface area contributed by atoms with E-state index in [1.807, 2.05) is 6.07 Å². The minimum absolute atomic E-state index is 0.0570. The maximum atomic E-state index is 12.2. The van der Waals surface area contributed by atoms with E-state index in [0.717, 1.165) is 18.0 Å². The van der Waals surface area contributed by atoms with E-state index in [-0.39, 0.29) is 24.2 Å². The molecular formula is C14H14ClN3O2S. The summed E-state index contributed by atoms with van der Waals surface area (Å²) < 4.78 is 0. The molecule has 2 amide bonds. The number of hydrogen-bond acceptors (Lipinski definition) is 4. The Morgan fingerprint density at radius 3 is 3.05 bits per heavy atom. The Morgan fingerprint density at radius 2 is 2.33 bits per heavy atom. The van der Waals surface area contributed by atoms with Crippen molar-refractivity contribution >= 4 is 46.0 Å². The van der Waals surface area contributed by atoms with Crippen molar-refractivity contribution in [2.75, 3.05) is 23.7 Å². The first-order chi connectivity index (χ1) is 10.1. The summed E-state index contributed by atoms with van der Waals surface area (Å²) in [6.07, 6.45) is 0.219. The summed E-state index contributed by atoms with van der Waals surface area (Å²) in [6, 6.07) is 7.10. The van der Waals surface area contributed by atoms with Crippen LogP contribution < -0.4 is 10.2 Å². The molecule has 2 heterocycles. The molecule has 110 valence electrons. The van der Waals surface area contributed by atoms with Gasteiger partial charge in [-0.05, 0) is 18.2 Å². The Kier molecular flexibility index (Phi) is 4.17. The predicted molar refractivity (Wildman–Crippen MR) is 84.8 cm³/mol. The van der Waals surface area contributed by atoms with Crippen LogP contribution in [0.4, 0.5) is 5.69 Å². The van der Waals surface area contributed by atoms with Gasteiger partial charge in [0.15, 0.2) is 5.17 Å². The molecule has 0 aromatic heterocycles. The second-order valence-corrected chi connectivity index (χ2v) is 6.43. The van der Waals surface area contributed by atoms with Crippen LogP contribution in [0.2, 0.25) is 5.02 Å². The average Bonchev–Trinajstić information content (AvgIpc) is 3.08. The standard InChI is InChI=1S/C14H14ClN3O2S/c15-10-2-1-3-11(7-10)18-8-9(6-12(18)19)13(20)17-14-16-4-5-21-14/h1-3,7,9H,4-6,8H2,(H,16,17,20). The fourth-order valence-electron chi connectivity index (χ4n) is 2.39. The second-order valence-electron chi connectivity index (χ2n) is 4.91. The van der Waals surface area contributed by atoms with Gasteiger partial charge in [0.05, 0.1) is 12.5 Å². The number of halogens is 1. The van der Waals surface area contributed by atoms with Gasteiger partial charge in [0, 0.05) is 29.4 Å². The lowest BCUT2D eigenvalue weighted by Gasteiger charge is -2.16. The van der Waals surface area contributed by atoms with Gasteiger partial charge in [-0.3, -0.25) is 14.6 Å². The predicted octanol–water partition coefficient (Wildman–Crippen LogP) is 1.91. The molecule has 0 aliphatic carbocycles. The summed E-state index contributed by atoms with van der Waals surface area (Å²) >= 11 is 7.48. The Labute approximate surface area is 131 Å². The van der Waals surface area contributed by atoms with E-state index in [1.165, 1.54) is 11.8 Å². The fraction of sp³-hybridized carbons (Fsp3) is 0.357. The van der Waals surface area contributed by atoms with E-state index in [1.54, 1.807) is 23.1 Å².